The van der Waals surface area contributed by atoms with E-state index < -0.39 is 29.9 Å². The summed E-state index contributed by atoms with van der Waals surface area (Å²) in [4.78, 5) is 27.5. The average Bonchev–Trinajstić information content (AvgIpc) is 3.56. The Morgan fingerprint density at radius 2 is 2.03 bits per heavy atom. The van der Waals surface area contributed by atoms with Crippen molar-refractivity contribution in [2.24, 2.45) is 0 Å². The third-order valence-corrected chi connectivity index (χ3v) is 5.97. The standard InChI is InChI=1S/C22H26F2N8O5/c1-14-8-15(27-37-14)13-35-22(34)32-7-6-29(4-3-26-32)20-18(23)9-16(10-19(20)24)31-12-17(36-21(31)33)11-30-5-2-25-28-30/h2,5,8-10,17,25-26,28H,3-4,6-7,11-13H2,1H3/t17-/m0/s1. The molecule has 15 heteroatoms. The largest absolute Gasteiger partial charge is 0.442 e. The molecule has 3 aliphatic rings. The highest BCUT2D eigenvalue weighted by atomic mass is 19.1. The molecule has 37 heavy (non-hydrogen) atoms. The van der Waals surface area contributed by atoms with Gasteiger partial charge in [-0.15, -0.1) is 5.53 Å². The van der Waals surface area contributed by atoms with Crippen LogP contribution in [-0.2, 0) is 16.1 Å². The molecular formula is C22H26F2N8O5. The number of amides is 2. The summed E-state index contributed by atoms with van der Waals surface area (Å²) in [5.41, 5.74) is 8.82. The van der Waals surface area contributed by atoms with Crippen LogP contribution >= 0.6 is 0 Å². The fourth-order valence-corrected chi connectivity index (χ4v) is 4.26. The number of hydrogen-bond acceptors (Lipinski definition) is 11. The molecule has 0 bridgehead atoms. The quantitative estimate of drug-likeness (QED) is 0.511. The lowest BCUT2D eigenvalue weighted by Gasteiger charge is -2.25. The molecule has 4 heterocycles. The minimum atomic E-state index is -0.822. The number of carbonyl (C=O) groups excluding carboxylic acids is 2. The molecule has 0 spiro atoms. The van der Waals surface area contributed by atoms with Gasteiger partial charge in [-0.25, -0.2) is 28.8 Å². The number of aryl methyl sites for hydroxylation is 1. The predicted octanol–water partition coefficient (Wildman–Crippen LogP) is 1.35. The van der Waals surface area contributed by atoms with Gasteiger partial charge in [0.2, 0.25) is 0 Å². The summed E-state index contributed by atoms with van der Waals surface area (Å²) in [7, 11) is 0. The number of nitrogens with one attached hydrogen (secondary N) is 3. The average molecular weight is 520 g/mol. The van der Waals surface area contributed by atoms with Gasteiger partial charge in [-0.05, 0) is 6.92 Å². The third-order valence-electron chi connectivity index (χ3n) is 5.97. The van der Waals surface area contributed by atoms with Gasteiger partial charge >= 0.3 is 12.2 Å². The Balaban J connectivity index is 1.20. The number of halogens is 2. The van der Waals surface area contributed by atoms with E-state index in [4.69, 9.17) is 14.0 Å². The Labute approximate surface area is 210 Å². The maximum Gasteiger partial charge on any atom is 0.424 e. The van der Waals surface area contributed by atoms with E-state index in [1.807, 2.05) is 0 Å². The molecule has 0 radical (unpaired) electrons. The Bertz CT molecular complexity index is 1170. The number of cyclic esters (lactones) is 1. The number of hydrazine groups is 3. The lowest BCUT2D eigenvalue weighted by Crippen LogP contribution is -2.43. The highest BCUT2D eigenvalue weighted by Gasteiger charge is 2.35. The van der Waals surface area contributed by atoms with Crippen LogP contribution in [0.1, 0.15) is 11.5 Å². The molecule has 1 aromatic heterocycles. The summed E-state index contributed by atoms with van der Waals surface area (Å²) >= 11 is 0. The molecule has 2 amide bonds. The number of nitrogens with zero attached hydrogens (tertiary/aromatic N) is 5. The highest BCUT2D eigenvalue weighted by molar-refractivity contribution is 5.90. The number of benzene rings is 1. The predicted molar refractivity (Wildman–Crippen MR) is 124 cm³/mol. The molecule has 0 unspecified atom stereocenters. The number of carbonyl (C=O) groups is 2. The molecule has 0 saturated carbocycles. The third kappa shape index (κ3) is 5.51. The molecule has 3 aliphatic heterocycles. The maximum absolute atomic E-state index is 15.2. The molecule has 1 atom stereocenters. The van der Waals surface area contributed by atoms with E-state index in [9.17, 15) is 9.59 Å². The number of anilines is 2. The van der Waals surface area contributed by atoms with Crippen molar-refractivity contribution in [3.05, 3.63) is 53.7 Å². The second-order valence-electron chi connectivity index (χ2n) is 8.63. The summed E-state index contributed by atoms with van der Waals surface area (Å²) < 4.78 is 45.8. The molecule has 13 nitrogen and oxygen atoms in total. The fourth-order valence-electron chi connectivity index (χ4n) is 4.26. The first-order chi connectivity index (χ1) is 17.9. The van der Waals surface area contributed by atoms with Crippen molar-refractivity contribution < 1.29 is 32.4 Å². The Morgan fingerprint density at radius 3 is 2.73 bits per heavy atom. The lowest BCUT2D eigenvalue weighted by atomic mass is 10.2. The molecule has 0 aliphatic carbocycles. The van der Waals surface area contributed by atoms with E-state index in [1.165, 1.54) is 14.8 Å². The van der Waals surface area contributed by atoms with Crippen LogP contribution in [0.5, 0.6) is 0 Å². The van der Waals surface area contributed by atoms with Gasteiger partial charge in [0.25, 0.3) is 0 Å². The van der Waals surface area contributed by atoms with E-state index in [-0.39, 0.29) is 50.7 Å². The highest BCUT2D eigenvalue weighted by Crippen LogP contribution is 2.31. The van der Waals surface area contributed by atoms with E-state index in [0.29, 0.717) is 18.0 Å². The van der Waals surface area contributed by atoms with Gasteiger partial charge in [-0.3, -0.25) is 9.91 Å². The molecular weight excluding hydrogens is 494 g/mol. The van der Waals surface area contributed by atoms with Gasteiger partial charge in [0.15, 0.2) is 11.6 Å². The van der Waals surface area contributed by atoms with E-state index >= 15 is 8.78 Å². The van der Waals surface area contributed by atoms with Gasteiger partial charge in [0, 0.05) is 50.2 Å². The summed E-state index contributed by atoms with van der Waals surface area (Å²) in [5, 5.41) is 6.70. The van der Waals surface area contributed by atoms with Crippen LogP contribution < -0.4 is 26.2 Å². The Morgan fingerprint density at radius 1 is 1.22 bits per heavy atom. The second-order valence-corrected chi connectivity index (χ2v) is 8.63. The van der Waals surface area contributed by atoms with Crippen molar-refractivity contribution in [2.75, 3.05) is 49.1 Å². The molecule has 5 rings (SSSR count). The van der Waals surface area contributed by atoms with Crippen LogP contribution in [0.25, 0.3) is 0 Å². The van der Waals surface area contributed by atoms with Gasteiger partial charge in [-0.2, -0.15) is 0 Å². The van der Waals surface area contributed by atoms with E-state index in [0.717, 1.165) is 12.1 Å². The number of hydrogen-bond donors (Lipinski definition) is 3. The normalized spacial score (nSPS) is 19.8. The number of aromatic nitrogens is 1. The summed E-state index contributed by atoms with van der Waals surface area (Å²) in [6, 6.07) is 3.88. The van der Waals surface area contributed by atoms with Gasteiger partial charge < -0.3 is 24.3 Å². The summed E-state index contributed by atoms with van der Waals surface area (Å²) in [6.45, 7) is 2.90. The maximum atomic E-state index is 15.2. The van der Waals surface area contributed by atoms with Crippen LogP contribution in [0.2, 0.25) is 0 Å². The second kappa shape index (κ2) is 10.5. The van der Waals surface area contributed by atoms with Crippen molar-refractivity contribution >= 4 is 23.6 Å². The molecule has 2 saturated heterocycles. The monoisotopic (exact) mass is 520 g/mol. The molecule has 2 aromatic rings. The minimum absolute atomic E-state index is 0.0648. The first-order valence-corrected chi connectivity index (χ1v) is 11.6. The van der Waals surface area contributed by atoms with Crippen molar-refractivity contribution in [2.45, 2.75) is 19.6 Å². The zero-order valence-electron chi connectivity index (χ0n) is 19.9. The van der Waals surface area contributed by atoms with Gasteiger partial charge in [0.05, 0.1) is 25.3 Å². The SMILES string of the molecule is Cc1cc(COC(=O)N2CCN(c3c(F)cc(N4C[C@H](CN5C=CNN5)OC4=O)cc3F)CCN2)no1. The zero-order valence-corrected chi connectivity index (χ0v) is 19.9. The number of ether oxygens (including phenoxy) is 2. The Hall–Kier alpha value is -4.11. The first kappa shape index (κ1) is 24.6. The van der Waals surface area contributed by atoms with Crippen LogP contribution in [-0.4, -0.2) is 72.7 Å². The first-order valence-electron chi connectivity index (χ1n) is 11.6. The van der Waals surface area contributed by atoms with E-state index in [2.05, 4.69) is 21.5 Å². The van der Waals surface area contributed by atoms with Crippen molar-refractivity contribution in [1.29, 1.82) is 0 Å². The summed E-state index contributed by atoms with van der Waals surface area (Å²) in [6.07, 6.45) is 1.60. The minimum Gasteiger partial charge on any atom is -0.442 e. The lowest BCUT2D eigenvalue weighted by molar-refractivity contribution is 0.0795. The van der Waals surface area contributed by atoms with Gasteiger partial charge in [-0.1, -0.05) is 5.16 Å². The van der Waals surface area contributed by atoms with Crippen LogP contribution in [0.3, 0.4) is 0 Å². The summed E-state index contributed by atoms with van der Waals surface area (Å²) in [5.74, 6) is -1.05. The zero-order chi connectivity index (χ0) is 25.9. The van der Waals surface area contributed by atoms with Crippen molar-refractivity contribution in [3.63, 3.8) is 0 Å². The van der Waals surface area contributed by atoms with Crippen LogP contribution in [0.4, 0.5) is 29.7 Å². The van der Waals surface area contributed by atoms with Crippen LogP contribution in [0, 0.1) is 18.6 Å². The topological polar surface area (TPSA) is 128 Å². The van der Waals surface area contributed by atoms with Crippen molar-refractivity contribution in [1.82, 2.24) is 31.6 Å². The van der Waals surface area contributed by atoms with Gasteiger partial charge in [0.1, 0.15) is 29.9 Å². The van der Waals surface area contributed by atoms with Crippen LogP contribution in [0.15, 0.2) is 35.1 Å². The molecule has 3 N–H and O–H groups in total. The number of rotatable bonds is 6. The molecule has 1 aromatic carbocycles. The van der Waals surface area contributed by atoms with Crippen molar-refractivity contribution in [3.8, 4) is 0 Å². The molecule has 198 valence electrons. The molecule has 2 fully saturated rings. The van der Waals surface area contributed by atoms with E-state index in [1.54, 1.807) is 30.4 Å². The fraction of sp³-hybridized carbons (Fsp3) is 0.409. The smallest absolute Gasteiger partial charge is 0.424 e. The Kier molecular flexibility index (Phi) is 6.96.